The zero-order chi connectivity index (χ0) is 21.1. The Hall–Kier alpha value is -3.17. The van der Waals surface area contributed by atoms with Crippen molar-refractivity contribution in [3.05, 3.63) is 64.2 Å². The third kappa shape index (κ3) is 3.94. The minimum Gasteiger partial charge on any atom is -0.465 e. The van der Waals surface area contributed by atoms with Gasteiger partial charge >= 0.3 is 5.97 Å². The summed E-state index contributed by atoms with van der Waals surface area (Å²) in [7, 11) is 2.98. The number of para-hydroxylation sites is 2. The SMILES string of the molecule is COCCn1c(SCc2nc3cc(C(=O)OC)ccc3c(=O)[nH]2)nc2ccccc21. The van der Waals surface area contributed by atoms with Crippen LogP contribution in [0.3, 0.4) is 0 Å². The first-order chi connectivity index (χ1) is 14.6. The highest BCUT2D eigenvalue weighted by Crippen LogP contribution is 2.26. The van der Waals surface area contributed by atoms with Crippen LogP contribution in [0.2, 0.25) is 0 Å². The molecule has 0 aliphatic heterocycles. The number of aromatic amines is 1. The normalized spacial score (nSPS) is 11.3. The number of carbonyl (C=O) groups is 1. The molecule has 1 N–H and O–H groups in total. The van der Waals surface area contributed by atoms with Crippen LogP contribution in [0.4, 0.5) is 0 Å². The summed E-state index contributed by atoms with van der Waals surface area (Å²) < 4.78 is 12.1. The fraction of sp³-hybridized carbons (Fsp3) is 0.238. The molecule has 2 aromatic carbocycles. The van der Waals surface area contributed by atoms with Crippen LogP contribution in [0.25, 0.3) is 21.9 Å². The third-order valence-corrected chi connectivity index (χ3v) is 5.64. The van der Waals surface area contributed by atoms with E-state index in [9.17, 15) is 9.59 Å². The van der Waals surface area contributed by atoms with E-state index in [-0.39, 0.29) is 5.56 Å². The van der Waals surface area contributed by atoms with E-state index in [1.54, 1.807) is 25.3 Å². The van der Waals surface area contributed by atoms with Gasteiger partial charge in [0.15, 0.2) is 5.16 Å². The molecule has 0 bridgehead atoms. The first-order valence-electron chi connectivity index (χ1n) is 9.29. The van der Waals surface area contributed by atoms with Gasteiger partial charge in [0, 0.05) is 13.7 Å². The number of nitrogens with one attached hydrogen (secondary N) is 1. The van der Waals surface area contributed by atoms with E-state index in [2.05, 4.69) is 14.5 Å². The first kappa shape index (κ1) is 20.1. The third-order valence-electron chi connectivity index (χ3n) is 4.65. The van der Waals surface area contributed by atoms with Crippen LogP contribution in [0, 0.1) is 0 Å². The predicted octanol–water partition coefficient (Wildman–Crippen LogP) is 3.00. The minimum absolute atomic E-state index is 0.250. The molecule has 9 heteroatoms. The summed E-state index contributed by atoms with van der Waals surface area (Å²) in [6.07, 6.45) is 0. The number of H-pyrrole nitrogens is 1. The van der Waals surface area contributed by atoms with Gasteiger partial charge in [0.05, 0.1) is 47.0 Å². The fourth-order valence-electron chi connectivity index (χ4n) is 3.20. The van der Waals surface area contributed by atoms with E-state index in [1.165, 1.54) is 18.9 Å². The monoisotopic (exact) mass is 424 g/mol. The molecule has 0 spiro atoms. The average Bonchev–Trinajstić information content (AvgIpc) is 3.12. The van der Waals surface area contributed by atoms with E-state index < -0.39 is 5.97 Å². The van der Waals surface area contributed by atoms with Crippen molar-refractivity contribution in [1.29, 1.82) is 0 Å². The minimum atomic E-state index is -0.471. The Morgan fingerprint density at radius 1 is 1.13 bits per heavy atom. The molecule has 0 saturated heterocycles. The quantitative estimate of drug-likeness (QED) is 0.360. The van der Waals surface area contributed by atoms with Gasteiger partial charge in [-0.3, -0.25) is 4.79 Å². The van der Waals surface area contributed by atoms with Gasteiger partial charge in [-0.1, -0.05) is 23.9 Å². The molecule has 8 nitrogen and oxygen atoms in total. The number of rotatable bonds is 7. The Morgan fingerprint density at radius 2 is 1.97 bits per heavy atom. The van der Waals surface area contributed by atoms with Crippen molar-refractivity contribution >= 4 is 39.7 Å². The van der Waals surface area contributed by atoms with Gasteiger partial charge in [0.1, 0.15) is 5.82 Å². The van der Waals surface area contributed by atoms with Crippen LogP contribution in [0.15, 0.2) is 52.4 Å². The van der Waals surface area contributed by atoms with E-state index in [1.807, 2.05) is 24.3 Å². The predicted molar refractivity (Wildman–Crippen MR) is 115 cm³/mol. The fourth-order valence-corrected chi connectivity index (χ4v) is 4.11. The van der Waals surface area contributed by atoms with Crippen molar-refractivity contribution in [3.8, 4) is 0 Å². The van der Waals surface area contributed by atoms with Crippen molar-refractivity contribution < 1.29 is 14.3 Å². The largest absolute Gasteiger partial charge is 0.465 e. The highest BCUT2D eigenvalue weighted by Gasteiger charge is 2.13. The van der Waals surface area contributed by atoms with Crippen molar-refractivity contribution in [2.75, 3.05) is 20.8 Å². The average molecular weight is 424 g/mol. The van der Waals surface area contributed by atoms with Crippen molar-refractivity contribution in [3.63, 3.8) is 0 Å². The number of aromatic nitrogens is 4. The number of nitrogens with zero attached hydrogens (tertiary/aromatic N) is 3. The second kappa shape index (κ2) is 8.68. The smallest absolute Gasteiger partial charge is 0.337 e. The van der Waals surface area contributed by atoms with Crippen LogP contribution in [0.1, 0.15) is 16.2 Å². The number of ether oxygens (including phenoxy) is 2. The molecule has 4 aromatic rings. The molecular weight excluding hydrogens is 404 g/mol. The maximum atomic E-state index is 12.5. The van der Waals surface area contributed by atoms with E-state index in [0.29, 0.717) is 41.2 Å². The molecule has 0 unspecified atom stereocenters. The number of imidazole rings is 1. The van der Waals surface area contributed by atoms with Crippen LogP contribution in [-0.2, 0) is 21.8 Å². The number of fused-ring (bicyclic) bond motifs is 2. The molecule has 0 radical (unpaired) electrons. The number of hydrogen-bond acceptors (Lipinski definition) is 7. The Morgan fingerprint density at radius 3 is 2.77 bits per heavy atom. The Kier molecular flexibility index (Phi) is 5.82. The van der Waals surface area contributed by atoms with Gasteiger partial charge in [-0.25, -0.2) is 14.8 Å². The molecule has 0 amide bonds. The second-order valence-corrected chi connectivity index (χ2v) is 7.49. The molecule has 30 heavy (non-hydrogen) atoms. The summed E-state index contributed by atoms with van der Waals surface area (Å²) in [5.74, 6) is 0.454. The van der Waals surface area contributed by atoms with E-state index in [0.717, 1.165) is 16.2 Å². The van der Waals surface area contributed by atoms with Gasteiger partial charge in [-0.05, 0) is 30.3 Å². The lowest BCUT2D eigenvalue weighted by Crippen LogP contribution is -2.12. The lowest BCUT2D eigenvalue weighted by molar-refractivity contribution is 0.0601. The molecule has 2 aromatic heterocycles. The second-order valence-electron chi connectivity index (χ2n) is 6.55. The van der Waals surface area contributed by atoms with E-state index in [4.69, 9.17) is 14.5 Å². The lowest BCUT2D eigenvalue weighted by atomic mass is 10.1. The van der Waals surface area contributed by atoms with Gasteiger partial charge in [-0.2, -0.15) is 0 Å². The highest BCUT2D eigenvalue weighted by atomic mass is 32.2. The summed E-state index contributed by atoms with van der Waals surface area (Å²) in [6, 6.07) is 12.6. The Balaban J connectivity index is 1.65. The summed E-state index contributed by atoms with van der Waals surface area (Å²) in [6.45, 7) is 1.23. The Bertz CT molecular complexity index is 1280. The molecule has 2 heterocycles. The maximum Gasteiger partial charge on any atom is 0.337 e. The highest BCUT2D eigenvalue weighted by molar-refractivity contribution is 7.98. The number of benzene rings is 2. The zero-order valence-electron chi connectivity index (χ0n) is 16.5. The maximum absolute atomic E-state index is 12.5. The first-order valence-corrected chi connectivity index (χ1v) is 10.3. The molecular formula is C21H20N4O4S. The van der Waals surface area contributed by atoms with Crippen LogP contribution in [0.5, 0.6) is 0 Å². The molecule has 0 atom stereocenters. The zero-order valence-corrected chi connectivity index (χ0v) is 17.4. The summed E-state index contributed by atoms with van der Waals surface area (Å²) in [5.41, 5.74) is 2.48. The lowest BCUT2D eigenvalue weighted by Gasteiger charge is -2.08. The number of hydrogen-bond donors (Lipinski definition) is 1. The van der Waals surface area contributed by atoms with Gasteiger partial charge in [0.25, 0.3) is 5.56 Å². The number of carbonyl (C=O) groups excluding carboxylic acids is 1. The van der Waals surface area contributed by atoms with Crippen LogP contribution < -0.4 is 5.56 Å². The molecule has 0 aliphatic rings. The van der Waals surface area contributed by atoms with Crippen LogP contribution in [-0.4, -0.2) is 46.3 Å². The number of esters is 1. The van der Waals surface area contributed by atoms with Crippen molar-refractivity contribution in [1.82, 2.24) is 19.5 Å². The topological polar surface area (TPSA) is 99.1 Å². The standard InChI is InChI=1S/C21H20N4O4S/c1-28-10-9-25-17-6-4-3-5-15(17)23-21(25)30-12-18-22-16-11-13(20(27)29-2)7-8-14(16)19(26)24-18/h3-8,11H,9-10,12H2,1-2H3,(H,22,24,26). The summed E-state index contributed by atoms with van der Waals surface area (Å²) in [5, 5.41) is 1.24. The van der Waals surface area contributed by atoms with E-state index >= 15 is 0 Å². The van der Waals surface area contributed by atoms with Gasteiger partial charge < -0.3 is 19.0 Å². The summed E-state index contributed by atoms with van der Waals surface area (Å²) >= 11 is 1.48. The number of methoxy groups -OCH3 is 2. The summed E-state index contributed by atoms with van der Waals surface area (Å²) in [4.78, 5) is 36.3. The number of thioether (sulfide) groups is 1. The molecule has 0 aliphatic carbocycles. The van der Waals surface area contributed by atoms with Gasteiger partial charge in [-0.15, -0.1) is 0 Å². The molecule has 154 valence electrons. The van der Waals surface area contributed by atoms with Gasteiger partial charge in [0.2, 0.25) is 0 Å². The molecule has 0 saturated carbocycles. The molecule has 0 fully saturated rings. The van der Waals surface area contributed by atoms with Crippen molar-refractivity contribution in [2.24, 2.45) is 0 Å². The van der Waals surface area contributed by atoms with Crippen molar-refractivity contribution in [2.45, 2.75) is 17.5 Å². The Labute approximate surface area is 176 Å². The molecule has 4 rings (SSSR count). The van der Waals surface area contributed by atoms with Crippen LogP contribution >= 0.6 is 11.8 Å².